The van der Waals surface area contributed by atoms with E-state index in [1.165, 1.54) is 0 Å². The Morgan fingerprint density at radius 3 is 2.33 bits per heavy atom. The largest absolute Gasteiger partial charge is 0.493 e. The summed E-state index contributed by atoms with van der Waals surface area (Å²) < 4.78 is 11.3. The van der Waals surface area contributed by atoms with E-state index in [0.717, 1.165) is 11.1 Å². The molecule has 0 heterocycles. The molecule has 0 aliphatic carbocycles. The number of hydrogen-bond donors (Lipinski definition) is 1. The Labute approximate surface area is 157 Å². The van der Waals surface area contributed by atoms with Gasteiger partial charge in [0.25, 0.3) is 0 Å². The van der Waals surface area contributed by atoms with Gasteiger partial charge in [0.05, 0.1) is 17.2 Å². The summed E-state index contributed by atoms with van der Waals surface area (Å²) >= 11 is 18.3. The maximum Gasteiger partial charge on any atom is 0.163 e. The second kappa shape index (κ2) is 8.82. The molecule has 0 atom stereocenters. The first-order valence-electron chi connectivity index (χ1n) is 7.57. The summed E-state index contributed by atoms with van der Waals surface area (Å²) in [5.41, 5.74) is 1.87. The maximum atomic E-state index is 6.36. The fourth-order valence-electron chi connectivity index (χ4n) is 2.09. The molecule has 2 aromatic carbocycles. The zero-order chi connectivity index (χ0) is 17.7. The third-order valence-electron chi connectivity index (χ3n) is 3.41. The number of methoxy groups -OCH3 is 1. The summed E-state index contributed by atoms with van der Waals surface area (Å²) in [6.07, 6.45) is 0. The van der Waals surface area contributed by atoms with Crippen molar-refractivity contribution >= 4 is 34.8 Å². The molecule has 0 radical (unpaired) electrons. The Morgan fingerprint density at radius 1 is 0.958 bits per heavy atom. The lowest BCUT2D eigenvalue weighted by atomic mass is 10.2. The molecular formula is C18H20Cl3NO2. The molecule has 0 fully saturated rings. The first-order chi connectivity index (χ1) is 11.4. The number of halogens is 3. The second-order valence-electron chi connectivity index (χ2n) is 5.67. The van der Waals surface area contributed by atoms with Crippen molar-refractivity contribution in [1.82, 2.24) is 5.32 Å². The van der Waals surface area contributed by atoms with Crippen LogP contribution in [0.1, 0.15) is 25.0 Å². The molecule has 0 unspecified atom stereocenters. The zero-order valence-corrected chi connectivity index (χ0v) is 16.1. The van der Waals surface area contributed by atoms with Crippen LogP contribution in [0, 0.1) is 0 Å². The molecule has 0 aliphatic heterocycles. The first kappa shape index (κ1) is 19.2. The molecule has 2 rings (SSSR count). The summed E-state index contributed by atoms with van der Waals surface area (Å²) in [6.45, 7) is 5.17. The van der Waals surface area contributed by atoms with Crippen molar-refractivity contribution in [1.29, 1.82) is 0 Å². The van der Waals surface area contributed by atoms with Gasteiger partial charge in [0.2, 0.25) is 0 Å². The lowest BCUT2D eigenvalue weighted by Gasteiger charge is -2.15. The van der Waals surface area contributed by atoms with Crippen LogP contribution >= 0.6 is 34.8 Å². The summed E-state index contributed by atoms with van der Waals surface area (Å²) in [4.78, 5) is 0. The van der Waals surface area contributed by atoms with Gasteiger partial charge in [0.1, 0.15) is 6.61 Å². The van der Waals surface area contributed by atoms with E-state index in [-0.39, 0.29) is 0 Å². The van der Waals surface area contributed by atoms with Gasteiger partial charge in [-0.15, -0.1) is 0 Å². The average Bonchev–Trinajstić information content (AvgIpc) is 2.54. The van der Waals surface area contributed by atoms with Crippen LogP contribution in [-0.2, 0) is 13.2 Å². The van der Waals surface area contributed by atoms with Gasteiger partial charge in [-0.2, -0.15) is 0 Å². The number of rotatable bonds is 7. The first-order valence-corrected chi connectivity index (χ1v) is 8.70. The van der Waals surface area contributed by atoms with Crippen LogP contribution in [0.2, 0.25) is 15.1 Å². The number of ether oxygens (including phenoxy) is 2. The van der Waals surface area contributed by atoms with Crippen LogP contribution in [0.25, 0.3) is 0 Å². The van der Waals surface area contributed by atoms with Crippen LogP contribution in [0.4, 0.5) is 0 Å². The van der Waals surface area contributed by atoms with Crippen molar-refractivity contribution in [3.8, 4) is 11.5 Å². The van der Waals surface area contributed by atoms with Crippen molar-refractivity contribution in [2.75, 3.05) is 7.11 Å². The molecule has 6 heteroatoms. The minimum Gasteiger partial charge on any atom is -0.493 e. The number of hydrogen-bond acceptors (Lipinski definition) is 3. The molecule has 0 saturated carbocycles. The summed E-state index contributed by atoms with van der Waals surface area (Å²) in [6, 6.07) is 9.42. The van der Waals surface area contributed by atoms with Crippen molar-refractivity contribution in [3.63, 3.8) is 0 Å². The number of nitrogens with one attached hydrogen (secondary N) is 1. The molecular weight excluding hydrogens is 369 g/mol. The Balaban J connectivity index is 2.14. The Kier molecular flexibility index (Phi) is 7.05. The fraction of sp³-hybridized carbons (Fsp3) is 0.333. The van der Waals surface area contributed by atoms with E-state index in [4.69, 9.17) is 44.3 Å². The second-order valence-corrected chi connectivity index (χ2v) is 6.89. The lowest BCUT2D eigenvalue weighted by molar-refractivity contribution is 0.284. The third-order valence-corrected chi connectivity index (χ3v) is 4.50. The van der Waals surface area contributed by atoms with Crippen LogP contribution in [0.3, 0.4) is 0 Å². The third kappa shape index (κ3) is 5.18. The predicted molar refractivity (Wildman–Crippen MR) is 101 cm³/mol. The van der Waals surface area contributed by atoms with Crippen LogP contribution in [0.15, 0.2) is 30.3 Å². The van der Waals surface area contributed by atoms with Crippen LogP contribution in [-0.4, -0.2) is 13.2 Å². The summed E-state index contributed by atoms with van der Waals surface area (Å²) in [5, 5.41) is 4.98. The Morgan fingerprint density at radius 2 is 1.71 bits per heavy atom. The van der Waals surface area contributed by atoms with E-state index in [0.29, 0.717) is 45.8 Å². The Hall–Kier alpha value is -1.13. The molecule has 0 spiro atoms. The molecule has 130 valence electrons. The molecule has 2 aromatic rings. The zero-order valence-electron chi connectivity index (χ0n) is 13.8. The van der Waals surface area contributed by atoms with Gasteiger partial charge in [-0.05, 0) is 29.3 Å². The van der Waals surface area contributed by atoms with Gasteiger partial charge in [0.15, 0.2) is 11.5 Å². The van der Waals surface area contributed by atoms with Crippen molar-refractivity contribution in [2.45, 2.75) is 33.0 Å². The topological polar surface area (TPSA) is 30.5 Å². The highest BCUT2D eigenvalue weighted by molar-refractivity contribution is 6.42. The van der Waals surface area contributed by atoms with E-state index in [1.54, 1.807) is 25.3 Å². The van der Waals surface area contributed by atoms with Crippen LogP contribution < -0.4 is 14.8 Å². The van der Waals surface area contributed by atoms with Gasteiger partial charge in [-0.1, -0.05) is 54.7 Å². The minimum absolute atomic E-state index is 0.340. The predicted octanol–water partition coefficient (Wildman–Crippen LogP) is 5.73. The fourth-order valence-corrected chi connectivity index (χ4v) is 2.63. The van der Waals surface area contributed by atoms with E-state index in [1.807, 2.05) is 12.1 Å². The minimum atomic E-state index is 0.340. The van der Waals surface area contributed by atoms with E-state index >= 15 is 0 Å². The summed E-state index contributed by atoms with van der Waals surface area (Å²) in [7, 11) is 1.61. The van der Waals surface area contributed by atoms with E-state index in [9.17, 15) is 0 Å². The normalized spacial score (nSPS) is 11.0. The van der Waals surface area contributed by atoms with Gasteiger partial charge < -0.3 is 14.8 Å². The Bertz CT molecular complexity index is 705. The van der Waals surface area contributed by atoms with Gasteiger partial charge in [0, 0.05) is 23.7 Å². The van der Waals surface area contributed by atoms with Crippen molar-refractivity contribution < 1.29 is 9.47 Å². The molecule has 24 heavy (non-hydrogen) atoms. The van der Waals surface area contributed by atoms with Crippen molar-refractivity contribution in [3.05, 3.63) is 56.5 Å². The van der Waals surface area contributed by atoms with Gasteiger partial charge in [-0.25, -0.2) is 0 Å². The van der Waals surface area contributed by atoms with E-state index in [2.05, 4.69) is 19.2 Å². The molecule has 1 N–H and O–H groups in total. The highest BCUT2D eigenvalue weighted by atomic mass is 35.5. The van der Waals surface area contributed by atoms with Gasteiger partial charge >= 0.3 is 0 Å². The van der Waals surface area contributed by atoms with Crippen LogP contribution in [0.5, 0.6) is 11.5 Å². The maximum absolute atomic E-state index is 6.36. The average molecular weight is 389 g/mol. The molecule has 0 amide bonds. The van der Waals surface area contributed by atoms with E-state index < -0.39 is 0 Å². The van der Waals surface area contributed by atoms with Crippen molar-refractivity contribution in [2.24, 2.45) is 0 Å². The quantitative estimate of drug-likeness (QED) is 0.657. The lowest BCUT2D eigenvalue weighted by Crippen LogP contribution is -2.22. The highest BCUT2D eigenvalue weighted by Gasteiger charge is 2.11. The smallest absolute Gasteiger partial charge is 0.163 e. The molecule has 0 saturated heterocycles. The molecule has 0 bridgehead atoms. The molecule has 0 aliphatic rings. The standard InChI is InChI=1S/C18H20Cl3NO2/c1-11(2)22-9-13-7-17(23-3)18(8-15(13)20)24-10-12-4-5-14(19)16(21)6-12/h4-8,11,22H,9-10H2,1-3H3. The van der Waals surface area contributed by atoms with Gasteiger partial charge in [-0.3, -0.25) is 0 Å². The number of benzene rings is 2. The molecule has 0 aromatic heterocycles. The molecule has 3 nitrogen and oxygen atoms in total. The monoisotopic (exact) mass is 387 g/mol. The highest BCUT2D eigenvalue weighted by Crippen LogP contribution is 2.34. The SMILES string of the molecule is COc1cc(CNC(C)C)c(Cl)cc1OCc1ccc(Cl)c(Cl)c1. The summed E-state index contributed by atoms with van der Waals surface area (Å²) in [5.74, 6) is 1.22.